The minimum atomic E-state index is -0.690. The van der Waals surface area contributed by atoms with Crippen LogP contribution < -0.4 is 10.6 Å². The molecule has 0 aliphatic carbocycles. The zero-order valence-electron chi connectivity index (χ0n) is 12.2. The molecule has 2 heterocycles. The molecule has 2 N–H and O–H groups in total. The molecule has 1 aliphatic heterocycles. The second-order valence-electron chi connectivity index (χ2n) is 5.17. The lowest BCUT2D eigenvalue weighted by Gasteiger charge is -2.29. The van der Waals surface area contributed by atoms with Gasteiger partial charge in [0.1, 0.15) is 5.82 Å². The largest absolute Gasteiger partial charge is 0.354 e. The van der Waals surface area contributed by atoms with E-state index in [-0.39, 0.29) is 0 Å². The van der Waals surface area contributed by atoms with Crippen molar-refractivity contribution in [3.63, 3.8) is 0 Å². The molecule has 0 bridgehead atoms. The number of rotatable bonds is 3. The minimum Gasteiger partial charge on any atom is -0.354 e. The number of nitrogens with zero attached hydrogens (tertiary/aromatic N) is 3. The molecule has 2 aromatic rings. The van der Waals surface area contributed by atoms with Crippen molar-refractivity contribution in [3.05, 3.63) is 41.6 Å². The van der Waals surface area contributed by atoms with Crippen LogP contribution in [0.2, 0.25) is 0 Å². The number of nitrogens with two attached hydrogens (primary N) is 1. The molecule has 1 saturated heterocycles. The van der Waals surface area contributed by atoms with E-state index in [1.807, 2.05) is 41.9 Å². The van der Waals surface area contributed by atoms with Gasteiger partial charge in [-0.05, 0) is 19.1 Å². The van der Waals surface area contributed by atoms with Crippen molar-refractivity contribution in [1.29, 1.82) is 0 Å². The zero-order valence-corrected chi connectivity index (χ0v) is 13.0. The van der Waals surface area contributed by atoms with Crippen molar-refractivity contribution in [2.75, 3.05) is 29.5 Å². The van der Waals surface area contributed by atoms with Crippen molar-refractivity contribution >= 4 is 16.6 Å². The molecule has 1 aromatic carbocycles. The minimum absolute atomic E-state index is 0.466. The fraction of sp³-hybridized carbons (Fsp3) is 0.400. The summed E-state index contributed by atoms with van der Waals surface area (Å²) < 4.78 is 13.6. The molecule has 1 aromatic heterocycles. The van der Waals surface area contributed by atoms with Crippen LogP contribution in [0.25, 0.3) is 5.69 Å². The van der Waals surface area contributed by atoms with Crippen LogP contribution in [-0.4, -0.2) is 38.6 Å². The first kappa shape index (κ1) is 14.3. The van der Waals surface area contributed by atoms with Crippen molar-refractivity contribution in [3.8, 4) is 5.69 Å². The highest BCUT2D eigenvalue weighted by Crippen LogP contribution is 2.27. The molecule has 0 amide bonds. The third kappa shape index (κ3) is 2.73. The lowest BCUT2D eigenvalue weighted by molar-refractivity contribution is 0.670. The maximum absolute atomic E-state index is 11.6. The van der Waals surface area contributed by atoms with E-state index in [1.165, 1.54) is 0 Å². The van der Waals surface area contributed by atoms with E-state index in [0.29, 0.717) is 18.1 Å². The molecule has 1 aliphatic rings. The molecule has 0 unspecified atom stereocenters. The Morgan fingerprint density at radius 2 is 1.90 bits per heavy atom. The highest BCUT2D eigenvalue weighted by Gasteiger charge is 2.24. The summed E-state index contributed by atoms with van der Waals surface area (Å²) in [6.07, 6.45) is 0. The Morgan fingerprint density at radius 3 is 2.52 bits per heavy atom. The van der Waals surface area contributed by atoms with Gasteiger partial charge in [-0.3, -0.25) is 4.21 Å². The van der Waals surface area contributed by atoms with Gasteiger partial charge >= 0.3 is 0 Å². The van der Waals surface area contributed by atoms with Gasteiger partial charge in [0.05, 0.1) is 11.4 Å². The Balaban J connectivity index is 2.06. The van der Waals surface area contributed by atoms with Gasteiger partial charge in [0.15, 0.2) is 0 Å². The van der Waals surface area contributed by atoms with Gasteiger partial charge in [-0.15, -0.1) is 0 Å². The van der Waals surface area contributed by atoms with Crippen LogP contribution >= 0.6 is 0 Å². The molecule has 3 rings (SSSR count). The number of benzene rings is 1. The summed E-state index contributed by atoms with van der Waals surface area (Å²) in [5.74, 6) is 2.48. The van der Waals surface area contributed by atoms with Gasteiger partial charge in [-0.2, -0.15) is 5.10 Å². The summed E-state index contributed by atoms with van der Waals surface area (Å²) in [5.41, 5.74) is 9.00. The van der Waals surface area contributed by atoms with Crippen LogP contribution in [0.15, 0.2) is 30.3 Å². The van der Waals surface area contributed by atoms with Crippen molar-refractivity contribution in [1.82, 2.24) is 9.78 Å². The molecule has 0 radical (unpaired) electrons. The Kier molecular flexibility index (Phi) is 4.07. The predicted molar refractivity (Wildman–Crippen MR) is 86.3 cm³/mol. The third-order valence-corrected chi connectivity index (χ3v) is 5.12. The fourth-order valence-corrected chi connectivity index (χ4v) is 3.76. The predicted octanol–water partition coefficient (Wildman–Crippen LogP) is 1.21. The van der Waals surface area contributed by atoms with E-state index in [4.69, 9.17) is 5.73 Å². The number of para-hydroxylation sites is 1. The Labute approximate surface area is 127 Å². The average molecular weight is 304 g/mol. The molecule has 21 heavy (non-hydrogen) atoms. The molecule has 6 heteroatoms. The molecule has 112 valence electrons. The van der Waals surface area contributed by atoms with Gasteiger partial charge < -0.3 is 10.6 Å². The summed E-state index contributed by atoms with van der Waals surface area (Å²) in [7, 11) is -0.690. The number of anilines is 1. The van der Waals surface area contributed by atoms with Crippen LogP contribution in [0.5, 0.6) is 0 Å². The van der Waals surface area contributed by atoms with Crippen LogP contribution in [-0.2, 0) is 17.3 Å². The molecule has 1 fully saturated rings. The summed E-state index contributed by atoms with van der Waals surface area (Å²) in [6, 6.07) is 10.1. The van der Waals surface area contributed by atoms with Crippen molar-refractivity contribution in [2.24, 2.45) is 5.73 Å². The van der Waals surface area contributed by atoms with Crippen molar-refractivity contribution < 1.29 is 4.21 Å². The second kappa shape index (κ2) is 5.99. The van der Waals surface area contributed by atoms with Crippen LogP contribution in [0.3, 0.4) is 0 Å². The van der Waals surface area contributed by atoms with Gasteiger partial charge in [0.2, 0.25) is 0 Å². The van der Waals surface area contributed by atoms with E-state index >= 15 is 0 Å². The molecular formula is C15H20N4OS. The van der Waals surface area contributed by atoms with Gasteiger partial charge in [0, 0.05) is 47.5 Å². The first-order valence-electron chi connectivity index (χ1n) is 7.14. The lowest BCUT2D eigenvalue weighted by Crippen LogP contribution is -2.39. The summed E-state index contributed by atoms with van der Waals surface area (Å²) >= 11 is 0. The summed E-state index contributed by atoms with van der Waals surface area (Å²) in [6.45, 7) is 4.04. The number of hydrogen-bond donors (Lipinski definition) is 1. The smallest absolute Gasteiger partial charge is 0.137 e. The summed E-state index contributed by atoms with van der Waals surface area (Å²) in [5, 5.41) is 4.67. The maximum Gasteiger partial charge on any atom is 0.137 e. The lowest BCUT2D eigenvalue weighted by atomic mass is 10.2. The third-order valence-electron chi connectivity index (χ3n) is 3.84. The maximum atomic E-state index is 11.6. The van der Waals surface area contributed by atoms with E-state index in [2.05, 4.69) is 10.00 Å². The topological polar surface area (TPSA) is 64.2 Å². The van der Waals surface area contributed by atoms with E-state index in [0.717, 1.165) is 35.9 Å². The Bertz CT molecular complexity index is 643. The fourth-order valence-electron chi connectivity index (χ4n) is 2.71. The SMILES string of the molecule is Cc1nn(-c2ccccc2)c(N2CCS(=O)CC2)c1CN. The zero-order chi connectivity index (χ0) is 14.8. The normalized spacial score (nSPS) is 16.4. The van der Waals surface area contributed by atoms with Crippen molar-refractivity contribution in [2.45, 2.75) is 13.5 Å². The van der Waals surface area contributed by atoms with Crippen LogP contribution in [0.4, 0.5) is 5.82 Å². The van der Waals surface area contributed by atoms with Crippen LogP contribution in [0.1, 0.15) is 11.3 Å². The van der Waals surface area contributed by atoms with E-state index < -0.39 is 10.8 Å². The molecule has 5 nitrogen and oxygen atoms in total. The highest BCUT2D eigenvalue weighted by atomic mass is 32.2. The standard InChI is InChI=1S/C15H20N4OS/c1-12-14(11-16)15(18-7-9-21(20)10-8-18)19(17-12)13-5-3-2-4-6-13/h2-6H,7-11,16H2,1H3. The summed E-state index contributed by atoms with van der Waals surface area (Å²) in [4.78, 5) is 2.26. The first-order chi connectivity index (χ1) is 10.2. The van der Waals surface area contributed by atoms with Crippen LogP contribution in [0, 0.1) is 6.92 Å². The quantitative estimate of drug-likeness (QED) is 0.926. The second-order valence-corrected chi connectivity index (χ2v) is 6.87. The first-order valence-corrected chi connectivity index (χ1v) is 8.63. The average Bonchev–Trinajstić information content (AvgIpc) is 2.85. The van der Waals surface area contributed by atoms with E-state index in [1.54, 1.807) is 0 Å². The monoisotopic (exact) mass is 304 g/mol. The van der Waals surface area contributed by atoms with Gasteiger partial charge in [0.25, 0.3) is 0 Å². The molecule has 0 saturated carbocycles. The Hall–Kier alpha value is -1.66. The van der Waals surface area contributed by atoms with Gasteiger partial charge in [-0.25, -0.2) is 4.68 Å². The van der Waals surface area contributed by atoms with Gasteiger partial charge in [-0.1, -0.05) is 18.2 Å². The number of aromatic nitrogens is 2. The van der Waals surface area contributed by atoms with E-state index in [9.17, 15) is 4.21 Å². The molecular weight excluding hydrogens is 284 g/mol. The number of hydrogen-bond acceptors (Lipinski definition) is 4. The molecule has 0 spiro atoms. The Morgan fingerprint density at radius 1 is 1.24 bits per heavy atom. The highest BCUT2D eigenvalue weighted by molar-refractivity contribution is 7.85. The molecule has 0 atom stereocenters. The number of aryl methyl sites for hydroxylation is 1.